The van der Waals surface area contributed by atoms with Crippen LogP contribution in [0, 0.1) is 0 Å². The van der Waals surface area contributed by atoms with Gasteiger partial charge in [-0.05, 0) is 6.42 Å². The lowest BCUT2D eigenvalue weighted by Gasteiger charge is -2.37. The van der Waals surface area contributed by atoms with E-state index in [1.165, 1.54) is 0 Å². The van der Waals surface area contributed by atoms with Gasteiger partial charge in [0.15, 0.2) is 0 Å². The van der Waals surface area contributed by atoms with Gasteiger partial charge in [-0.3, -0.25) is 0 Å². The summed E-state index contributed by atoms with van der Waals surface area (Å²) in [6.45, 7) is 1.62. The van der Waals surface area contributed by atoms with Gasteiger partial charge in [-0.25, -0.2) is 0 Å². The number of hydrogen-bond acceptors (Lipinski definition) is 0. The van der Waals surface area contributed by atoms with E-state index in [1.54, 1.807) is 6.92 Å². The van der Waals surface area contributed by atoms with Gasteiger partial charge in [0.05, 0.1) is 0 Å². The van der Waals surface area contributed by atoms with Crippen LogP contribution in [0.5, 0.6) is 0 Å². The van der Waals surface area contributed by atoms with Gasteiger partial charge in [-0.1, -0.05) is 26.2 Å². The first kappa shape index (κ1) is 21.2. The first-order valence-electron chi connectivity index (χ1n) is 6.14. The molecule has 0 amide bonds. The van der Waals surface area contributed by atoms with Gasteiger partial charge in [0.2, 0.25) is 0 Å². The second-order valence-corrected chi connectivity index (χ2v) is 4.74. The average molecular weight is 354 g/mol. The van der Waals surface area contributed by atoms with Crippen molar-refractivity contribution in [2.45, 2.75) is 68.9 Å². The van der Waals surface area contributed by atoms with Gasteiger partial charge in [0.25, 0.3) is 0 Å². The molecule has 0 radical (unpaired) electrons. The van der Waals surface area contributed by atoms with Crippen molar-refractivity contribution in [1.82, 2.24) is 0 Å². The van der Waals surface area contributed by atoms with Gasteiger partial charge < -0.3 is 0 Å². The molecule has 0 heterocycles. The molecule has 0 aromatic rings. The van der Waals surface area contributed by atoms with E-state index in [-0.39, 0.29) is 12.8 Å². The summed E-state index contributed by atoms with van der Waals surface area (Å²) in [6, 6.07) is 0. The second-order valence-electron chi connectivity index (χ2n) is 4.74. The van der Waals surface area contributed by atoms with Crippen molar-refractivity contribution in [2.24, 2.45) is 0 Å². The lowest BCUT2D eigenvalue weighted by molar-refractivity contribution is -0.422. The molecule has 0 spiro atoms. The zero-order valence-corrected chi connectivity index (χ0v) is 11.2. The van der Waals surface area contributed by atoms with Crippen LogP contribution in [0.25, 0.3) is 0 Å². The normalized spacial score (nSPS) is 15.3. The summed E-state index contributed by atoms with van der Waals surface area (Å²) < 4.78 is 138. The number of hydrogen-bond donors (Lipinski definition) is 0. The minimum atomic E-state index is -7.30. The van der Waals surface area contributed by atoms with E-state index in [2.05, 4.69) is 0 Å². The fraction of sp³-hybridized carbons (Fsp3) is 1.00. The standard InChI is InChI=1S/C11H13F11/c1-2-3-4-5-6-7(12,13)8(14,15)9(16,17)10(18,19)11(20,21)22/h2-6H2,1H3. The van der Waals surface area contributed by atoms with Crippen molar-refractivity contribution < 1.29 is 48.3 Å². The zero-order valence-electron chi connectivity index (χ0n) is 11.2. The summed E-state index contributed by atoms with van der Waals surface area (Å²) >= 11 is 0. The van der Waals surface area contributed by atoms with Crippen molar-refractivity contribution in [3.63, 3.8) is 0 Å². The Balaban J connectivity index is 5.41. The molecule has 0 aliphatic rings. The highest BCUT2D eigenvalue weighted by atomic mass is 19.4. The molecule has 0 atom stereocenters. The maximum absolute atomic E-state index is 13.1. The van der Waals surface area contributed by atoms with Crippen molar-refractivity contribution in [3.05, 3.63) is 0 Å². The van der Waals surface area contributed by atoms with Crippen molar-refractivity contribution in [2.75, 3.05) is 0 Å². The first-order chi connectivity index (χ1) is 9.56. The highest BCUT2D eigenvalue weighted by Crippen LogP contribution is 2.58. The molecule has 0 fully saturated rings. The summed E-state index contributed by atoms with van der Waals surface area (Å²) in [5.41, 5.74) is 0. The zero-order chi connectivity index (χ0) is 18.0. The monoisotopic (exact) mass is 354 g/mol. The van der Waals surface area contributed by atoms with Gasteiger partial charge in [-0.2, -0.15) is 48.3 Å². The van der Waals surface area contributed by atoms with Crippen LogP contribution in [-0.4, -0.2) is 29.9 Å². The molecule has 0 bridgehead atoms. The number of alkyl halides is 11. The summed E-state index contributed by atoms with van der Waals surface area (Å²) in [7, 11) is 0. The average Bonchev–Trinajstić information content (AvgIpc) is 2.32. The minimum absolute atomic E-state index is 0.0800. The van der Waals surface area contributed by atoms with Crippen LogP contribution < -0.4 is 0 Å². The summed E-state index contributed by atoms with van der Waals surface area (Å²) in [4.78, 5) is 0. The van der Waals surface area contributed by atoms with Crippen LogP contribution >= 0.6 is 0 Å². The van der Waals surface area contributed by atoms with E-state index in [1.807, 2.05) is 0 Å². The fourth-order valence-electron chi connectivity index (χ4n) is 1.54. The van der Waals surface area contributed by atoms with Crippen LogP contribution in [0.1, 0.15) is 39.0 Å². The van der Waals surface area contributed by atoms with E-state index in [4.69, 9.17) is 0 Å². The summed E-state index contributed by atoms with van der Waals surface area (Å²) in [5.74, 6) is -27.1. The van der Waals surface area contributed by atoms with Crippen LogP contribution in [0.15, 0.2) is 0 Å². The highest BCUT2D eigenvalue weighted by molar-refractivity contribution is 5.06. The number of unbranched alkanes of at least 4 members (excludes halogenated alkanes) is 3. The first-order valence-corrected chi connectivity index (χ1v) is 6.14. The van der Waals surface area contributed by atoms with Crippen LogP contribution in [0.2, 0.25) is 0 Å². The van der Waals surface area contributed by atoms with Crippen molar-refractivity contribution in [1.29, 1.82) is 0 Å². The number of halogens is 11. The molecule has 0 unspecified atom stereocenters. The molecule has 11 heteroatoms. The lowest BCUT2D eigenvalue weighted by Crippen LogP contribution is -2.66. The van der Waals surface area contributed by atoms with Gasteiger partial charge in [-0.15, -0.1) is 0 Å². The topological polar surface area (TPSA) is 0 Å². The quantitative estimate of drug-likeness (QED) is 0.367. The molecule has 134 valence electrons. The highest BCUT2D eigenvalue weighted by Gasteiger charge is 2.86. The second kappa shape index (κ2) is 6.38. The van der Waals surface area contributed by atoms with Gasteiger partial charge in [0.1, 0.15) is 0 Å². The Morgan fingerprint density at radius 1 is 0.545 bits per heavy atom. The third-order valence-corrected chi connectivity index (χ3v) is 2.95. The third-order valence-electron chi connectivity index (χ3n) is 2.95. The van der Waals surface area contributed by atoms with Gasteiger partial charge >= 0.3 is 29.9 Å². The Morgan fingerprint density at radius 2 is 1.00 bits per heavy atom. The lowest BCUT2D eigenvalue weighted by atomic mass is 9.94. The summed E-state index contributed by atoms with van der Waals surface area (Å²) in [6.07, 6.45) is -9.06. The minimum Gasteiger partial charge on any atom is -0.200 e. The molecule has 0 saturated carbocycles. The maximum atomic E-state index is 13.1. The Morgan fingerprint density at radius 3 is 1.36 bits per heavy atom. The molecule has 0 saturated heterocycles. The van der Waals surface area contributed by atoms with E-state index in [9.17, 15) is 48.3 Å². The van der Waals surface area contributed by atoms with E-state index < -0.39 is 42.7 Å². The Kier molecular flexibility index (Phi) is 6.16. The largest absolute Gasteiger partial charge is 0.460 e. The predicted molar refractivity (Wildman–Crippen MR) is 54.6 cm³/mol. The molecular weight excluding hydrogens is 341 g/mol. The smallest absolute Gasteiger partial charge is 0.200 e. The van der Waals surface area contributed by atoms with E-state index in [0.29, 0.717) is 6.42 Å². The van der Waals surface area contributed by atoms with Crippen molar-refractivity contribution in [3.8, 4) is 0 Å². The fourth-order valence-corrected chi connectivity index (χ4v) is 1.54. The SMILES string of the molecule is CCCCCCC(F)(F)C(F)(F)C(F)(F)C(F)(F)C(F)(F)F. The summed E-state index contributed by atoms with van der Waals surface area (Å²) in [5, 5.41) is 0. The predicted octanol–water partition coefficient (Wildman–Crippen LogP) is 6.06. The van der Waals surface area contributed by atoms with E-state index >= 15 is 0 Å². The Hall–Kier alpha value is -0.770. The molecule has 0 nitrogen and oxygen atoms in total. The number of rotatable bonds is 8. The molecular formula is C11H13F11. The third kappa shape index (κ3) is 3.58. The molecule has 0 rings (SSSR count). The Labute approximate surface area is 118 Å². The molecule has 0 aromatic carbocycles. The van der Waals surface area contributed by atoms with Crippen molar-refractivity contribution >= 4 is 0 Å². The molecule has 22 heavy (non-hydrogen) atoms. The van der Waals surface area contributed by atoms with Crippen LogP contribution in [0.3, 0.4) is 0 Å². The molecule has 0 aliphatic heterocycles. The maximum Gasteiger partial charge on any atom is 0.460 e. The van der Waals surface area contributed by atoms with Gasteiger partial charge in [0, 0.05) is 6.42 Å². The van der Waals surface area contributed by atoms with E-state index in [0.717, 1.165) is 0 Å². The van der Waals surface area contributed by atoms with Crippen LogP contribution in [0.4, 0.5) is 48.3 Å². The molecule has 0 N–H and O–H groups in total. The Bertz CT molecular complexity index is 356. The van der Waals surface area contributed by atoms with Crippen LogP contribution in [-0.2, 0) is 0 Å². The molecule has 0 aromatic heterocycles. The molecule has 0 aliphatic carbocycles.